The van der Waals surface area contributed by atoms with Gasteiger partial charge in [0.1, 0.15) is 24.2 Å². The molecule has 0 atom stereocenters. The molecule has 2 heterocycles. The van der Waals surface area contributed by atoms with Gasteiger partial charge in [-0.15, -0.1) is 0 Å². The molecule has 2 aromatic carbocycles. The van der Waals surface area contributed by atoms with Crippen LogP contribution < -0.4 is 15.4 Å². The Kier molecular flexibility index (Phi) is 9.13. The molecular formula is C28H29ClFN5O3. The van der Waals surface area contributed by atoms with E-state index in [1.165, 1.54) is 24.4 Å². The molecule has 10 heteroatoms. The molecule has 0 radical (unpaired) electrons. The predicted octanol–water partition coefficient (Wildman–Crippen LogP) is 5.65. The maximum Gasteiger partial charge on any atom is 0.248 e. The van der Waals surface area contributed by atoms with Crippen LogP contribution in [0.2, 0.25) is 5.02 Å². The zero-order chi connectivity index (χ0) is 27.1. The summed E-state index contributed by atoms with van der Waals surface area (Å²) in [5, 5.41) is 16.4. The maximum absolute atomic E-state index is 13.7. The van der Waals surface area contributed by atoms with E-state index in [-0.39, 0.29) is 23.1 Å². The minimum atomic E-state index is -0.547. The molecule has 1 saturated heterocycles. The Morgan fingerprint density at radius 2 is 2.05 bits per heavy atom. The van der Waals surface area contributed by atoms with E-state index in [1.54, 1.807) is 25.3 Å². The molecule has 1 aromatic heterocycles. The van der Waals surface area contributed by atoms with Crippen molar-refractivity contribution in [1.29, 1.82) is 5.26 Å². The molecule has 0 unspecified atom stereocenters. The quantitative estimate of drug-likeness (QED) is 0.269. The molecule has 0 saturated carbocycles. The first-order chi connectivity index (χ1) is 18.4. The van der Waals surface area contributed by atoms with Gasteiger partial charge in [0.25, 0.3) is 0 Å². The number of hydrogen-bond acceptors (Lipinski definition) is 7. The lowest BCUT2D eigenvalue weighted by Crippen LogP contribution is -2.30. The van der Waals surface area contributed by atoms with Gasteiger partial charge in [-0.2, -0.15) is 5.26 Å². The number of pyridine rings is 1. The Labute approximate surface area is 226 Å². The third-order valence-corrected chi connectivity index (χ3v) is 6.65. The Morgan fingerprint density at radius 1 is 1.26 bits per heavy atom. The summed E-state index contributed by atoms with van der Waals surface area (Å²) >= 11 is 5.96. The highest BCUT2D eigenvalue weighted by Gasteiger charge is 2.17. The lowest BCUT2D eigenvalue weighted by molar-refractivity contribution is -0.112. The smallest absolute Gasteiger partial charge is 0.248 e. The Balaban J connectivity index is 1.71. The van der Waals surface area contributed by atoms with Crippen molar-refractivity contribution >= 4 is 45.5 Å². The molecule has 4 rings (SSSR count). The van der Waals surface area contributed by atoms with Crippen LogP contribution >= 0.6 is 11.6 Å². The van der Waals surface area contributed by atoms with Gasteiger partial charge in [0.2, 0.25) is 5.91 Å². The third kappa shape index (κ3) is 6.58. The summed E-state index contributed by atoms with van der Waals surface area (Å²) in [5.74, 6) is -0.380. The van der Waals surface area contributed by atoms with Crippen molar-refractivity contribution < 1.29 is 18.7 Å². The van der Waals surface area contributed by atoms with Crippen LogP contribution in [0.5, 0.6) is 5.75 Å². The van der Waals surface area contributed by atoms with Crippen molar-refractivity contribution in [2.75, 3.05) is 50.6 Å². The number of methoxy groups -OCH3 is 1. The molecule has 2 N–H and O–H groups in total. The van der Waals surface area contributed by atoms with Crippen molar-refractivity contribution in [1.82, 2.24) is 9.88 Å². The SMILES string of the molecule is CCN1CCC(=CC(=O)Nc2cc3c(Nc4ccc(F)c(Cl)c4)c(C#N)cnc3cc2OCCOC)CC1. The molecule has 38 heavy (non-hydrogen) atoms. The fourth-order valence-corrected chi connectivity index (χ4v) is 4.45. The van der Waals surface area contributed by atoms with Crippen LogP contribution in [0.4, 0.5) is 21.5 Å². The standard InChI is InChI=1S/C28H29ClFN5O3/c1-3-35-8-6-18(7-9-35)12-27(36)34-25-14-21-24(15-26(25)38-11-10-37-2)32-17-19(16-31)28(21)33-20-4-5-23(30)22(29)13-20/h4-5,12-15,17H,3,6-11H2,1-2H3,(H,32,33)(H,34,36). The van der Waals surface area contributed by atoms with Gasteiger partial charge < -0.3 is 25.0 Å². The maximum atomic E-state index is 13.7. The highest BCUT2D eigenvalue weighted by molar-refractivity contribution is 6.31. The number of carbonyl (C=O) groups excluding carboxylic acids is 1. The normalized spacial score (nSPS) is 13.7. The number of piperidine rings is 1. The second-order valence-corrected chi connectivity index (χ2v) is 9.25. The van der Waals surface area contributed by atoms with Crippen molar-refractivity contribution in [3.05, 3.63) is 64.6 Å². The number of benzene rings is 2. The topological polar surface area (TPSA) is 99.5 Å². The number of rotatable bonds is 9. The van der Waals surface area contributed by atoms with Gasteiger partial charge in [0.15, 0.2) is 0 Å². The molecule has 198 valence electrons. The van der Waals surface area contributed by atoms with Crippen molar-refractivity contribution in [3.63, 3.8) is 0 Å². The molecule has 1 aliphatic heterocycles. The third-order valence-electron chi connectivity index (χ3n) is 6.36. The Hall–Kier alpha value is -3.71. The van der Waals surface area contributed by atoms with Crippen LogP contribution in [0.25, 0.3) is 10.9 Å². The number of aromatic nitrogens is 1. The van der Waals surface area contributed by atoms with E-state index in [1.807, 2.05) is 0 Å². The van der Waals surface area contributed by atoms with Gasteiger partial charge in [-0.1, -0.05) is 24.1 Å². The van der Waals surface area contributed by atoms with Crippen LogP contribution in [-0.2, 0) is 9.53 Å². The number of carbonyl (C=O) groups is 1. The number of anilines is 3. The first-order valence-electron chi connectivity index (χ1n) is 12.3. The summed E-state index contributed by atoms with van der Waals surface area (Å²) < 4.78 is 24.7. The van der Waals surface area contributed by atoms with Gasteiger partial charge in [0, 0.05) is 49.6 Å². The molecule has 1 fully saturated rings. The van der Waals surface area contributed by atoms with Crippen LogP contribution in [0, 0.1) is 17.1 Å². The van der Waals surface area contributed by atoms with Gasteiger partial charge >= 0.3 is 0 Å². The van der Waals surface area contributed by atoms with Gasteiger partial charge in [-0.3, -0.25) is 9.78 Å². The lowest BCUT2D eigenvalue weighted by atomic mass is 10.0. The number of likely N-dealkylation sites (tertiary alicyclic amines) is 1. The number of ether oxygens (including phenoxy) is 2. The number of halogens is 2. The number of nitrogens with zero attached hydrogens (tertiary/aromatic N) is 3. The fraction of sp³-hybridized carbons (Fsp3) is 0.321. The molecule has 0 aliphatic carbocycles. The summed E-state index contributed by atoms with van der Waals surface area (Å²) in [7, 11) is 1.58. The monoisotopic (exact) mass is 537 g/mol. The highest BCUT2D eigenvalue weighted by Crippen LogP contribution is 2.36. The molecule has 0 bridgehead atoms. The summed E-state index contributed by atoms with van der Waals surface area (Å²) in [6.45, 7) is 5.63. The van der Waals surface area contributed by atoms with E-state index in [0.717, 1.165) is 38.0 Å². The van der Waals surface area contributed by atoms with Gasteiger partial charge in [-0.05, 0) is 43.7 Å². The van der Waals surface area contributed by atoms with Crippen LogP contribution in [0.1, 0.15) is 25.3 Å². The van der Waals surface area contributed by atoms with E-state index in [9.17, 15) is 14.4 Å². The number of amides is 1. The highest BCUT2D eigenvalue weighted by atomic mass is 35.5. The summed E-state index contributed by atoms with van der Waals surface area (Å²) in [6.07, 6.45) is 4.79. The number of nitrogens with one attached hydrogen (secondary N) is 2. The molecule has 1 amide bonds. The molecule has 8 nitrogen and oxygen atoms in total. The van der Waals surface area contributed by atoms with Gasteiger partial charge in [0.05, 0.1) is 34.1 Å². The first-order valence-corrected chi connectivity index (χ1v) is 12.7. The Bertz CT molecular complexity index is 1400. The molecule has 1 aliphatic rings. The van der Waals surface area contributed by atoms with Crippen LogP contribution in [0.15, 0.2) is 48.2 Å². The van der Waals surface area contributed by atoms with E-state index >= 15 is 0 Å². The van der Waals surface area contributed by atoms with E-state index in [4.69, 9.17) is 21.1 Å². The minimum Gasteiger partial charge on any atom is -0.489 e. The minimum absolute atomic E-state index is 0.0496. The summed E-state index contributed by atoms with van der Waals surface area (Å²) in [5.41, 5.74) is 3.28. The summed E-state index contributed by atoms with van der Waals surface area (Å²) in [6, 6.07) is 9.76. The van der Waals surface area contributed by atoms with Crippen molar-refractivity contribution in [2.24, 2.45) is 0 Å². The predicted molar refractivity (Wildman–Crippen MR) is 147 cm³/mol. The van der Waals surface area contributed by atoms with E-state index in [0.29, 0.717) is 40.3 Å². The Morgan fingerprint density at radius 3 is 2.74 bits per heavy atom. The molecular weight excluding hydrogens is 509 g/mol. The molecule has 3 aromatic rings. The molecule has 0 spiro atoms. The van der Waals surface area contributed by atoms with Crippen LogP contribution in [-0.4, -0.2) is 55.7 Å². The second kappa shape index (κ2) is 12.7. The summed E-state index contributed by atoms with van der Waals surface area (Å²) in [4.78, 5) is 19.8. The zero-order valence-corrected chi connectivity index (χ0v) is 22.1. The average molecular weight is 538 g/mol. The zero-order valence-electron chi connectivity index (χ0n) is 21.3. The van der Waals surface area contributed by atoms with Crippen molar-refractivity contribution in [3.8, 4) is 11.8 Å². The fourth-order valence-electron chi connectivity index (χ4n) is 4.26. The number of hydrogen-bond donors (Lipinski definition) is 2. The van der Waals surface area contributed by atoms with E-state index < -0.39 is 5.82 Å². The van der Waals surface area contributed by atoms with Crippen molar-refractivity contribution in [2.45, 2.75) is 19.8 Å². The lowest BCUT2D eigenvalue weighted by Gasteiger charge is -2.26. The average Bonchev–Trinajstić information content (AvgIpc) is 2.92. The van der Waals surface area contributed by atoms with E-state index in [2.05, 4.69) is 33.5 Å². The first kappa shape index (κ1) is 27.3. The van der Waals surface area contributed by atoms with Gasteiger partial charge in [-0.25, -0.2) is 4.39 Å². The second-order valence-electron chi connectivity index (χ2n) is 8.85. The largest absolute Gasteiger partial charge is 0.489 e. The van der Waals surface area contributed by atoms with Crippen LogP contribution in [0.3, 0.4) is 0 Å². The number of fused-ring (bicyclic) bond motifs is 1. The number of nitriles is 1.